The number of halogens is 2. The first-order chi connectivity index (χ1) is 12.4. The van der Waals surface area contributed by atoms with Gasteiger partial charge in [0.25, 0.3) is 5.91 Å². The molecule has 1 aliphatic rings. The highest BCUT2D eigenvalue weighted by atomic mass is 19.1. The van der Waals surface area contributed by atoms with E-state index in [1.165, 1.54) is 24.3 Å². The molecule has 1 fully saturated rings. The maximum atomic E-state index is 14.3. The molecule has 0 bridgehead atoms. The summed E-state index contributed by atoms with van der Waals surface area (Å²) in [7, 11) is 0. The Kier molecular flexibility index (Phi) is 4.92. The van der Waals surface area contributed by atoms with Gasteiger partial charge in [0.05, 0.1) is 12.1 Å². The monoisotopic (exact) mass is 363 g/mol. The van der Waals surface area contributed by atoms with Gasteiger partial charge in [-0.25, -0.2) is 13.6 Å². The largest absolute Gasteiger partial charge is 0.454 e. The molecule has 1 aliphatic carbocycles. The van der Waals surface area contributed by atoms with E-state index in [9.17, 15) is 18.4 Å². The number of urea groups is 1. The van der Waals surface area contributed by atoms with Crippen LogP contribution in [0.5, 0.6) is 0 Å². The van der Waals surface area contributed by atoms with Crippen LogP contribution in [-0.4, -0.2) is 11.9 Å². The fraction of sp³-hybridized carbons (Fsp3) is 0.333. The molecule has 2 aromatic rings. The molecule has 0 saturated heterocycles. The van der Waals surface area contributed by atoms with Gasteiger partial charge >= 0.3 is 6.03 Å². The van der Waals surface area contributed by atoms with E-state index < -0.39 is 29.1 Å². The quantitative estimate of drug-likeness (QED) is 0.762. The van der Waals surface area contributed by atoms with E-state index in [-0.39, 0.29) is 17.9 Å². The topological polar surface area (TPSA) is 97.4 Å². The Morgan fingerprint density at radius 3 is 2.50 bits per heavy atom. The molecule has 0 spiro atoms. The molecule has 138 valence electrons. The molecule has 3 rings (SSSR count). The minimum absolute atomic E-state index is 0.00264. The minimum atomic E-state index is -0.872. The van der Waals surface area contributed by atoms with Crippen LogP contribution in [0.3, 0.4) is 0 Å². The maximum absolute atomic E-state index is 14.3. The minimum Gasteiger partial charge on any atom is -0.454 e. The van der Waals surface area contributed by atoms with Crippen molar-refractivity contribution >= 4 is 11.9 Å². The molecule has 1 saturated carbocycles. The molecule has 0 aliphatic heterocycles. The van der Waals surface area contributed by atoms with Gasteiger partial charge in [-0.15, -0.1) is 0 Å². The number of primary amides is 1. The third-order valence-electron chi connectivity index (χ3n) is 4.58. The van der Waals surface area contributed by atoms with E-state index in [0.717, 1.165) is 18.9 Å². The molecule has 26 heavy (non-hydrogen) atoms. The van der Waals surface area contributed by atoms with Gasteiger partial charge in [0, 0.05) is 11.6 Å². The van der Waals surface area contributed by atoms with Crippen LogP contribution in [0, 0.1) is 11.6 Å². The summed E-state index contributed by atoms with van der Waals surface area (Å²) in [4.78, 5) is 23.3. The van der Waals surface area contributed by atoms with Gasteiger partial charge in [-0.05, 0) is 31.0 Å². The van der Waals surface area contributed by atoms with Gasteiger partial charge in [0.1, 0.15) is 17.4 Å². The fourth-order valence-electron chi connectivity index (χ4n) is 3.35. The normalized spacial score (nSPS) is 15.6. The van der Waals surface area contributed by atoms with E-state index in [0.29, 0.717) is 18.6 Å². The number of hydrogen-bond donors (Lipinski definition) is 3. The number of nitrogens with two attached hydrogens (primary N) is 1. The number of nitrogens with one attached hydrogen (secondary N) is 2. The second-order valence-corrected chi connectivity index (χ2v) is 6.35. The van der Waals surface area contributed by atoms with Gasteiger partial charge in [0.15, 0.2) is 5.76 Å². The number of rotatable bonds is 5. The highest BCUT2D eigenvalue weighted by Gasteiger charge is 2.39. The Balaban J connectivity index is 1.69. The first-order valence-electron chi connectivity index (χ1n) is 8.30. The van der Waals surface area contributed by atoms with Crippen LogP contribution in [-0.2, 0) is 12.1 Å². The third kappa shape index (κ3) is 3.68. The predicted molar refractivity (Wildman–Crippen MR) is 89.1 cm³/mol. The zero-order valence-corrected chi connectivity index (χ0v) is 14.0. The Morgan fingerprint density at radius 2 is 1.88 bits per heavy atom. The average Bonchev–Trinajstić information content (AvgIpc) is 3.23. The molecular formula is C18H19F2N3O3. The van der Waals surface area contributed by atoms with E-state index in [1.807, 2.05) is 0 Å². The van der Waals surface area contributed by atoms with Crippen molar-refractivity contribution < 1.29 is 22.8 Å². The van der Waals surface area contributed by atoms with Crippen molar-refractivity contribution in [2.75, 3.05) is 0 Å². The number of carbonyl (C=O) groups excluding carboxylic acids is 2. The fourth-order valence-corrected chi connectivity index (χ4v) is 3.35. The van der Waals surface area contributed by atoms with Crippen LogP contribution >= 0.6 is 0 Å². The summed E-state index contributed by atoms with van der Waals surface area (Å²) in [5.41, 5.74) is 4.51. The SMILES string of the molecule is NC(=O)c1ccc(CNC(=O)NC2(c3ccc(F)cc3F)CCCC2)o1. The highest BCUT2D eigenvalue weighted by Crippen LogP contribution is 2.40. The van der Waals surface area contributed by atoms with Gasteiger partial charge in [-0.3, -0.25) is 4.79 Å². The number of benzene rings is 1. The van der Waals surface area contributed by atoms with Crippen molar-refractivity contribution in [2.45, 2.75) is 37.8 Å². The molecule has 0 unspecified atom stereocenters. The lowest BCUT2D eigenvalue weighted by Crippen LogP contribution is -2.48. The maximum Gasteiger partial charge on any atom is 0.315 e. The Hall–Kier alpha value is -2.90. The first-order valence-corrected chi connectivity index (χ1v) is 8.30. The molecule has 0 radical (unpaired) electrons. The molecule has 1 aromatic heterocycles. The molecule has 1 heterocycles. The molecular weight excluding hydrogens is 344 g/mol. The molecule has 1 aromatic carbocycles. The number of hydrogen-bond acceptors (Lipinski definition) is 3. The zero-order valence-electron chi connectivity index (χ0n) is 14.0. The summed E-state index contributed by atoms with van der Waals surface area (Å²) in [6.07, 6.45) is 2.79. The number of furan rings is 1. The lowest BCUT2D eigenvalue weighted by molar-refractivity contribution is 0.0972. The Morgan fingerprint density at radius 1 is 1.15 bits per heavy atom. The summed E-state index contributed by atoms with van der Waals surface area (Å²) in [6.45, 7) is 0.0428. The molecule has 4 N–H and O–H groups in total. The molecule has 0 atom stereocenters. The lowest BCUT2D eigenvalue weighted by Gasteiger charge is -2.31. The first kappa shape index (κ1) is 17.9. The standard InChI is InChI=1S/C18H19F2N3O3/c19-11-3-5-13(14(20)9-11)18(7-1-2-8-18)23-17(25)22-10-12-4-6-15(26-12)16(21)24/h3-6,9H,1-2,7-8,10H2,(H2,21,24)(H2,22,23,25). The van der Waals surface area contributed by atoms with Crippen LogP contribution in [0.4, 0.5) is 13.6 Å². The molecule has 3 amide bonds. The van der Waals surface area contributed by atoms with Gasteiger partial charge in [-0.1, -0.05) is 18.9 Å². The third-order valence-corrected chi connectivity index (χ3v) is 4.58. The van der Waals surface area contributed by atoms with E-state index in [1.54, 1.807) is 0 Å². The summed E-state index contributed by atoms with van der Waals surface area (Å²) >= 11 is 0. The van der Waals surface area contributed by atoms with Gasteiger partial charge in [0.2, 0.25) is 0 Å². The smallest absolute Gasteiger partial charge is 0.315 e. The second-order valence-electron chi connectivity index (χ2n) is 6.35. The van der Waals surface area contributed by atoms with Crippen molar-refractivity contribution in [3.8, 4) is 0 Å². The lowest BCUT2D eigenvalue weighted by atomic mass is 9.87. The van der Waals surface area contributed by atoms with Crippen molar-refractivity contribution in [1.29, 1.82) is 0 Å². The Bertz CT molecular complexity index is 829. The number of carbonyl (C=O) groups is 2. The van der Waals surface area contributed by atoms with Crippen molar-refractivity contribution in [1.82, 2.24) is 10.6 Å². The van der Waals surface area contributed by atoms with Crippen molar-refractivity contribution in [3.63, 3.8) is 0 Å². The van der Waals surface area contributed by atoms with E-state index in [2.05, 4.69) is 10.6 Å². The van der Waals surface area contributed by atoms with Crippen molar-refractivity contribution in [3.05, 3.63) is 59.1 Å². The van der Waals surface area contributed by atoms with E-state index in [4.69, 9.17) is 10.2 Å². The highest BCUT2D eigenvalue weighted by molar-refractivity contribution is 5.89. The zero-order chi connectivity index (χ0) is 18.7. The van der Waals surface area contributed by atoms with E-state index >= 15 is 0 Å². The summed E-state index contributed by atoms with van der Waals surface area (Å²) in [6, 6.07) is 5.83. The van der Waals surface area contributed by atoms with Gasteiger partial charge < -0.3 is 20.8 Å². The number of amides is 3. The van der Waals surface area contributed by atoms with Crippen molar-refractivity contribution in [2.24, 2.45) is 5.73 Å². The molecule has 8 heteroatoms. The average molecular weight is 363 g/mol. The predicted octanol–water partition coefficient (Wildman–Crippen LogP) is 2.93. The summed E-state index contributed by atoms with van der Waals surface area (Å²) < 4.78 is 32.7. The van der Waals surface area contributed by atoms with Gasteiger partial charge in [-0.2, -0.15) is 0 Å². The van der Waals surface area contributed by atoms with Crippen LogP contribution in [0.25, 0.3) is 0 Å². The summed E-state index contributed by atoms with van der Waals surface area (Å²) in [5.74, 6) is -1.67. The van der Waals surface area contributed by atoms with Crippen LogP contribution < -0.4 is 16.4 Å². The Labute approximate surface area is 148 Å². The van der Waals surface area contributed by atoms with Crippen LogP contribution in [0.15, 0.2) is 34.7 Å². The summed E-state index contributed by atoms with van der Waals surface area (Å²) in [5, 5.41) is 5.43. The molecule has 6 nitrogen and oxygen atoms in total. The van der Waals surface area contributed by atoms with Crippen LogP contribution in [0.1, 0.15) is 47.6 Å². The van der Waals surface area contributed by atoms with Crippen LogP contribution in [0.2, 0.25) is 0 Å². The second kappa shape index (κ2) is 7.15.